The Balaban J connectivity index is 2.25. The van der Waals surface area contributed by atoms with Gasteiger partial charge < -0.3 is 9.84 Å². The van der Waals surface area contributed by atoms with Gasteiger partial charge >= 0.3 is 12.9 Å². The number of aromatic nitrogens is 2. The van der Waals surface area contributed by atoms with Crippen LogP contribution in [0.2, 0.25) is 0 Å². The Bertz CT molecular complexity index is 578. The van der Waals surface area contributed by atoms with Crippen LogP contribution in [0.3, 0.4) is 0 Å². The van der Waals surface area contributed by atoms with Gasteiger partial charge in [-0.15, -0.1) is 4.52 Å². The smallest absolute Gasteiger partial charge is 0.394 e. The zero-order chi connectivity index (χ0) is 14.9. The second-order valence-corrected chi connectivity index (χ2v) is 6.29. The van der Waals surface area contributed by atoms with Gasteiger partial charge in [0, 0.05) is 18.3 Å². The van der Waals surface area contributed by atoms with Crippen LogP contribution in [0.15, 0.2) is 11.0 Å². The van der Waals surface area contributed by atoms with Gasteiger partial charge in [-0.1, -0.05) is 0 Å². The fourth-order valence-electron chi connectivity index (χ4n) is 2.11. The summed E-state index contributed by atoms with van der Waals surface area (Å²) in [6, 6.07) is 0. The first-order valence-corrected chi connectivity index (χ1v) is 8.41. The lowest BCUT2D eigenvalue weighted by Gasteiger charge is -2.15. The van der Waals surface area contributed by atoms with Gasteiger partial charge in [-0.3, -0.25) is 4.57 Å². The third kappa shape index (κ3) is 3.27. The molecule has 0 amide bonds. The van der Waals surface area contributed by atoms with E-state index in [1.165, 1.54) is 4.57 Å². The minimum Gasteiger partial charge on any atom is -0.394 e. The van der Waals surface area contributed by atoms with Gasteiger partial charge in [0.25, 0.3) is 0 Å². The first kappa shape index (κ1) is 15.6. The Morgan fingerprint density at radius 2 is 2.35 bits per heavy atom. The van der Waals surface area contributed by atoms with Crippen molar-refractivity contribution in [2.24, 2.45) is 0 Å². The predicted molar refractivity (Wildman–Crippen MR) is 75.0 cm³/mol. The van der Waals surface area contributed by atoms with Gasteiger partial charge in [0.15, 0.2) is 0 Å². The van der Waals surface area contributed by atoms with Crippen LogP contribution in [-0.2, 0) is 13.8 Å². The number of hydrogen-bond donors (Lipinski definition) is 2. The summed E-state index contributed by atoms with van der Waals surface area (Å²) >= 11 is 3.69. The third-order valence-electron chi connectivity index (χ3n) is 3.28. The van der Waals surface area contributed by atoms with Gasteiger partial charge in [0.05, 0.1) is 6.61 Å². The molecule has 1 aliphatic rings. The molecule has 2 heterocycles. The van der Waals surface area contributed by atoms with Crippen LogP contribution in [0.4, 0.5) is 0 Å². The Hall–Kier alpha value is -0.790. The minimum atomic E-state index is -2.10. The van der Waals surface area contributed by atoms with E-state index in [0.29, 0.717) is 12.1 Å². The SMILES string of the molecule is Cc1cn([C@H]2C[C@H](O[P+](=O)S)[C@@H](CO)O2)c(=O)nc1C. The van der Waals surface area contributed by atoms with Crippen molar-refractivity contribution in [1.29, 1.82) is 0 Å². The summed E-state index contributed by atoms with van der Waals surface area (Å²) in [5, 5.41) is 9.25. The Labute approximate surface area is 122 Å². The fraction of sp³-hybridized carbons (Fsp3) is 0.636. The van der Waals surface area contributed by atoms with E-state index in [1.54, 1.807) is 13.1 Å². The van der Waals surface area contributed by atoms with Crippen molar-refractivity contribution in [3.63, 3.8) is 0 Å². The molecule has 4 atom stereocenters. The van der Waals surface area contributed by atoms with E-state index >= 15 is 0 Å². The van der Waals surface area contributed by atoms with Gasteiger partial charge in [0.2, 0.25) is 0 Å². The first-order chi connectivity index (χ1) is 9.42. The van der Waals surface area contributed by atoms with Gasteiger partial charge in [-0.05, 0) is 24.0 Å². The predicted octanol–water partition coefficient (Wildman–Crippen LogP) is 1.11. The van der Waals surface area contributed by atoms with Crippen molar-refractivity contribution in [3.05, 3.63) is 27.9 Å². The molecule has 9 heteroatoms. The van der Waals surface area contributed by atoms with Gasteiger partial charge in [-0.25, -0.2) is 4.79 Å². The second-order valence-electron chi connectivity index (χ2n) is 4.63. The number of aliphatic hydroxyl groups excluding tert-OH is 1. The van der Waals surface area contributed by atoms with Crippen LogP contribution >= 0.6 is 19.5 Å². The summed E-state index contributed by atoms with van der Waals surface area (Å²) in [7, 11) is -2.10. The van der Waals surface area contributed by atoms with Crippen molar-refractivity contribution >= 4 is 19.5 Å². The molecule has 0 aliphatic carbocycles. The highest BCUT2D eigenvalue weighted by Gasteiger charge is 2.41. The number of nitrogens with zero attached hydrogens (tertiary/aromatic N) is 2. The van der Waals surface area contributed by atoms with Gasteiger partial charge in [-0.2, -0.15) is 4.98 Å². The molecule has 110 valence electrons. The highest BCUT2D eigenvalue weighted by Crippen LogP contribution is 2.38. The summed E-state index contributed by atoms with van der Waals surface area (Å²) in [5.41, 5.74) is 1.10. The number of ether oxygens (including phenoxy) is 1. The number of thiol groups is 1. The van der Waals surface area contributed by atoms with Crippen LogP contribution in [-0.4, -0.2) is 33.5 Å². The summed E-state index contributed by atoms with van der Waals surface area (Å²) in [4.78, 5) is 15.8. The van der Waals surface area contributed by atoms with E-state index in [4.69, 9.17) is 9.26 Å². The van der Waals surface area contributed by atoms with Crippen molar-refractivity contribution < 1.29 is 18.9 Å². The van der Waals surface area contributed by atoms with Crippen molar-refractivity contribution in [1.82, 2.24) is 9.55 Å². The Morgan fingerprint density at radius 1 is 1.65 bits per heavy atom. The third-order valence-corrected chi connectivity index (χ3v) is 4.02. The molecule has 0 radical (unpaired) electrons. The summed E-state index contributed by atoms with van der Waals surface area (Å²) in [6.07, 6.45) is 0.156. The standard InChI is InChI=1S/C11H15N2O5PS/c1-6-4-13(11(15)12-7(6)2)10-3-8(18-19(16)20)9(5-14)17-10/h4,8-10,14H,3,5H2,1-2H3/p+1/t8-,9+,10+/m0/s1. The zero-order valence-electron chi connectivity index (χ0n) is 11.1. The lowest BCUT2D eigenvalue weighted by Crippen LogP contribution is -2.28. The van der Waals surface area contributed by atoms with E-state index in [1.807, 2.05) is 6.92 Å². The molecule has 0 bridgehead atoms. The maximum absolute atomic E-state index is 11.9. The Kier molecular flexibility index (Phi) is 4.93. The molecule has 0 aromatic carbocycles. The lowest BCUT2D eigenvalue weighted by molar-refractivity contribution is -0.0410. The molecule has 0 saturated carbocycles. The average molecular weight is 319 g/mol. The molecular formula is C11H16N2O5PS+. The van der Waals surface area contributed by atoms with Crippen molar-refractivity contribution in [3.8, 4) is 0 Å². The summed E-state index contributed by atoms with van der Waals surface area (Å²) < 4.78 is 23.1. The largest absolute Gasteiger partial charge is 0.582 e. The molecule has 2 rings (SSSR count). The quantitative estimate of drug-likeness (QED) is 0.638. The van der Waals surface area contributed by atoms with Gasteiger partial charge in [0.1, 0.15) is 30.7 Å². The zero-order valence-corrected chi connectivity index (χ0v) is 12.9. The first-order valence-electron chi connectivity index (χ1n) is 6.08. The highest BCUT2D eigenvalue weighted by atomic mass is 32.7. The van der Waals surface area contributed by atoms with E-state index in [0.717, 1.165) is 5.56 Å². The summed E-state index contributed by atoms with van der Waals surface area (Å²) in [5.74, 6) is 0. The second kappa shape index (κ2) is 6.32. The molecular weight excluding hydrogens is 303 g/mol. The summed E-state index contributed by atoms with van der Waals surface area (Å²) in [6.45, 7) is 3.31. The number of rotatable bonds is 4. The highest BCUT2D eigenvalue weighted by molar-refractivity contribution is 8.39. The minimum absolute atomic E-state index is 0.287. The van der Waals surface area contributed by atoms with Crippen LogP contribution < -0.4 is 5.69 Å². The fourth-order valence-corrected chi connectivity index (χ4v) is 2.93. The average Bonchev–Trinajstić information content (AvgIpc) is 2.75. The topological polar surface area (TPSA) is 90.6 Å². The lowest BCUT2D eigenvalue weighted by atomic mass is 10.2. The molecule has 1 aromatic rings. The number of aryl methyl sites for hydroxylation is 2. The molecule has 1 unspecified atom stereocenters. The molecule has 1 aromatic heterocycles. The van der Waals surface area contributed by atoms with E-state index in [9.17, 15) is 14.5 Å². The molecule has 20 heavy (non-hydrogen) atoms. The van der Waals surface area contributed by atoms with E-state index < -0.39 is 31.4 Å². The van der Waals surface area contributed by atoms with Crippen LogP contribution in [0.25, 0.3) is 0 Å². The van der Waals surface area contributed by atoms with Crippen LogP contribution in [0.1, 0.15) is 23.9 Å². The molecule has 1 aliphatic heterocycles. The normalized spacial score (nSPS) is 26.8. The van der Waals surface area contributed by atoms with E-state index in [-0.39, 0.29) is 6.61 Å². The van der Waals surface area contributed by atoms with Crippen molar-refractivity contribution in [2.75, 3.05) is 6.61 Å². The molecule has 0 spiro atoms. The molecule has 1 N–H and O–H groups in total. The van der Waals surface area contributed by atoms with Crippen molar-refractivity contribution in [2.45, 2.75) is 38.7 Å². The van der Waals surface area contributed by atoms with Crippen LogP contribution in [0, 0.1) is 13.8 Å². The number of aliphatic hydroxyl groups is 1. The van der Waals surface area contributed by atoms with E-state index in [2.05, 4.69) is 17.2 Å². The van der Waals surface area contributed by atoms with Crippen LogP contribution in [0.5, 0.6) is 0 Å². The maximum atomic E-state index is 11.9. The molecule has 1 saturated heterocycles. The Morgan fingerprint density at radius 3 is 2.95 bits per heavy atom. The maximum Gasteiger partial charge on any atom is 0.582 e. The molecule has 1 fully saturated rings. The number of hydrogen-bond acceptors (Lipinski definition) is 6. The monoisotopic (exact) mass is 319 g/mol. The molecule has 7 nitrogen and oxygen atoms in total.